The summed E-state index contributed by atoms with van der Waals surface area (Å²) >= 11 is 0. The minimum absolute atomic E-state index is 0.0623. The molecule has 0 amide bonds. The standard InChI is InChI=1S/C16H21FN2/c1-10-4-5-15-16-12(6-7-19(10)15)8-13(9-14(16)17)11(2)18-3/h8-10,15,18H,2,4-7H2,1,3H3. The van der Waals surface area contributed by atoms with Crippen molar-refractivity contribution in [3.8, 4) is 0 Å². The summed E-state index contributed by atoms with van der Waals surface area (Å²) in [5, 5.41) is 3.00. The van der Waals surface area contributed by atoms with Gasteiger partial charge in [0.05, 0.1) is 0 Å². The second-order valence-electron chi connectivity index (χ2n) is 5.69. The SMILES string of the molecule is C=C(NC)c1cc(F)c2c(c1)CCN1C(C)CCC21. The molecular weight excluding hydrogens is 239 g/mol. The molecule has 19 heavy (non-hydrogen) atoms. The van der Waals surface area contributed by atoms with Gasteiger partial charge in [-0.1, -0.05) is 6.58 Å². The van der Waals surface area contributed by atoms with Crippen molar-refractivity contribution in [2.24, 2.45) is 0 Å². The molecule has 0 bridgehead atoms. The van der Waals surface area contributed by atoms with Gasteiger partial charge in [0.2, 0.25) is 0 Å². The van der Waals surface area contributed by atoms with Gasteiger partial charge >= 0.3 is 0 Å². The normalized spacial score (nSPS) is 25.8. The third kappa shape index (κ3) is 1.96. The van der Waals surface area contributed by atoms with Gasteiger partial charge < -0.3 is 5.32 Å². The number of halogens is 1. The molecule has 102 valence electrons. The molecule has 1 fully saturated rings. The topological polar surface area (TPSA) is 15.3 Å². The lowest BCUT2D eigenvalue weighted by Crippen LogP contribution is -2.36. The zero-order chi connectivity index (χ0) is 13.6. The van der Waals surface area contributed by atoms with Crippen molar-refractivity contribution in [2.45, 2.75) is 38.3 Å². The third-order valence-electron chi connectivity index (χ3n) is 4.66. The molecular formula is C16H21FN2. The van der Waals surface area contributed by atoms with E-state index in [9.17, 15) is 4.39 Å². The zero-order valence-corrected chi connectivity index (χ0v) is 11.7. The summed E-state index contributed by atoms with van der Waals surface area (Å²) < 4.78 is 14.5. The van der Waals surface area contributed by atoms with Crippen LogP contribution in [0.25, 0.3) is 5.70 Å². The van der Waals surface area contributed by atoms with Crippen molar-refractivity contribution in [1.82, 2.24) is 10.2 Å². The molecule has 1 N–H and O–H groups in total. The number of fused-ring (bicyclic) bond motifs is 3. The summed E-state index contributed by atoms with van der Waals surface area (Å²) in [6.45, 7) is 7.22. The Morgan fingerprint density at radius 2 is 2.21 bits per heavy atom. The number of nitrogens with zero attached hydrogens (tertiary/aromatic N) is 1. The highest BCUT2D eigenvalue weighted by Crippen LogP contribution is 2.42. The molecule has 2 unspecified atom stereocenters. The molecule has 2 aliphatic rings. The Balaban J connectivity index is 2.04. The molecule has 0 aliphatic carbocycles. The first-order chi connectivity index (χ1) is 9.11. The van der Waals surface area contributed by atoms with Crippen molar-refractivity contribution in [3.63, 3.8) is 0 Å². The van der Waals surface area contributed by atoms with E-state index in [1.807, 2.05) is 7.05 Å². The maximum absolute atomic E-state index is 14.5. The highest BCUT2D eigenvalue weighted by atomic mass is 19.1. The van der Waals surface area contributed by atoms with Crippen LogP contribution in [-0.2, 0) is 6.42 Å². The van der Waals surface area contributed by atoms with E-state index in [-0.39, 0.29) is 11.9 Å². The monoisotopic (exact) mass is 260 g/mol. The number of rotatable bonds is 2. The fourth-order valence-electron chi connectivity index (χ4n) is 3.55. The first-order valence-corrected chi connectivity index (χ1v) is 7.07. The Bertz CT molecular complexity index is 524. The van der Waals surface area contributed by atoms with E-state index < -0.39 is 0 Å². The maximum atomic E-state index is 14.5. The van der Waals surface area contributed by atoms with E-state index in [1.54, 1.807) is 6.07 Å². The van der Waals surface area contributed by atoms with Gasteiger partial charge in [-0.05, 0) is 43.9 Å². The van der Waals surface area contributed by atoms with E-state index in [4.69, 9.17) is 0 Å². The van der Waals surface area contributed by atoms with Crippen LogP contribution < -0.4 is 5.32 Å². The average Bonchev–Trinajstić information content (AvgIpc) is 2.79. The molecule has 0 spiro atoms. The van der Waals surface area contributed by atoms with Gasteiger partial charge in [0, 0.05) is 42.5 Å². The Morgan fingerprint density at radius 1 is 1.42 bits per heavy atom. The molecule has 3 heteroatoms. The summed E-state index contributed by atoms with van der Waals surface area (Å²) in [5.41, 5.74) is 3.76. The van der Waals surface area contributed by atoms with Crippen molar-refractivity contribution < 1.29 is 4.39 Å². The van der Waals surface area contributed by atoms with Gasteiger partial charge in [-0.3, -0.25) is 4.90 Å². The van der Waals surface area contributed by atoms with Gasteiger partial charge in [-0.15, -0.1) is 0 Å². The third-order valence-corrected chi connectivity index (χ3v) is 4.66. The molecule has 1 saturated heterocycles. The van der Waals surface area contributed by atoms with Crippen LogP contribution >= 0.6 is 0 Å². The van der Waals surface area contributed by atoms with E-state index in [1.165, 1.54) is 12.0 Å². The largest absolute Gasteiger partial charge is 0.388 e. The minimum atomic E-state index is -0.0623. The van der Waals surface area contributed by atoms with Crippen LogP contribution in [0.4, 0.5) is 4.39 Å². The van der Waals surface area contributed by atoms with Gasteiger partial charge in [-0.2, -0.15) is 0 Å². The highest BCUT2D eigenvalue weighted by Gasteiger charge is 2.37. The van der Waals surface area contributed by atoms with Crippen molar-refractivity contribution in [2.75, 3.05) is 13.6 Å². The number of hydrogen-bond acceptors (Lipinski definition) is 2. The van der Waals surface area contributed by atoms with E-state index in [2.05, 4.69) is 29.8 Å². The molecule has 0 aromatic heterocycles. The molecule has 2 aliphatic heterocycles. The lowest BCUT2D eigenvalue weighted by atomic mass is 9.90. The van der Waals surface area contributed by atoms with Crippen LogP contribution in [0.15, 0.2) is 18.7 Å². The summed E-state index contributed by atoms with van der Waals surface area (Å²) in [7, 11) is 1.82. The molecule has 3 rings (SSSR count). The van der Waals surface area contributed by atoms with E-state index in [0.29, 0.717) is 6.04 Å². The van der Waals surface area contributed by atoms with E-state index in [0.717, 1.165) is 36.2 Å². The molecule has 2 nitrogen and oxygen atoms in total. The van der Waals surface area contributed by atoms with Crippen LogP contribution in [0.2, 0.25) is 0 Å². The van der Waals surface area contributed by atoms with Gasteiger partial charge in [0.1, 0.15) is 5.82 Å². The first-order valence-electron chi connectivity index (χ1n) is 7.07. The zero-order valence-electron chi connectivity index (χ0n) is 11.7. The molecule has 1 aromatic rings. The maximum Gasteiger partial charge on any atom is 0.128 e. The predicted molar refractivity (Wildman–Crippen MR) is 76.3 cm³/mol. The smallest absolute Gasteiger partial charge is 0.128 e. The molecule has 2 heterocycles. The van der Waals surface area contributed by atoms with Crippen LogP contribution in [-0.4, -0.2) is 24.5 Å². The van der Waals surface area contributed by atoms with Crippen LogP contribution in [0.3, 0.4) is 0 Å². The second-order valence-corrected chi connectivity index (χ2v) is 5.69. The van der Waals surface area contributed by atoms with Crippen molar-refractivity contribution in [1.29, 1.82) is 0 Å². The van der Waals surface area contributed by atoms with Crippen molar-refractivity contribution in [3.05, 3.63) is 41.2 Å². The number of benzene rings is 1. The minimum Gasteiger partial charge on any atom is -0.388 e. The quantitative estimate of drug-likeness (QED) is 0.879. The number of hydrogen-bond donors (Lipinski definition) is 1. The average molecular weight is 260 g/mol. The Kier molecular flexibility index (Phi) is 3.09. The Hall–Kier alpha value is -1.35. The summed E-state index contributed by atoms with van der Waals surface area (Å²) in [4.78, 5) is 2.46. The lowest BCUT2D eigenvalue weighted by Gasteiger charge is -2.35. The van der Waals surface area contributed by atoms with Gasteiger partial charge in [0.25, 0.3) is 0 Å². The predicted octanol–water partition coefficient (Wildman–Crippen LogP) is 3.10. The summed E-state index contributed by atoms with van der Waals surface area (Å²) in [6, 6.07) is 4.61. The van der Waals surface area contributed by atoms with Crippen LogP contribution in [0, 0.1) is 5.82 Å². The van der Waals surface area contributed by atoms with Gasteiger partial charge in [0.15, 0.2) is 0 Å². The fourth-order valence-corrected chi connectivity index (χ4v) is 3.55. The molecule has 0 saturated carbocycles. The second kappa shape index (κ2) is 4.64. The first kappa shape index (κ1) is 12.7. The van der Waals surface area contributed by atoms with Crippen molar-refractivity contribution >= 4 is 5.70 Å². The summed E-state index contributed by atoms with van der Waals surface area (Å²) in [5.74, 6) is -0.0623. The van der Waals surface area contributed by atoms with Crippen LogP contribution in [0.1, 0.15) is 42.5 Å². The summed E-state index contributed by atoms with van der Waals surface area (Å²) in [6.07, 6.45) is 3.20. The molecule has 0 radical (unpaired) electrons. The van der Waals surface area contributed by atoms with E-state index >= 15 is 0 Å². The Labute approximate surface area is 114 Å². The fraction of sp³-hybridized carbons (Fsp3) is 0.500. The van der Waals surface area contributed by atoms with Crippen LogP contribution in [0.5, 0.6) is 0 Å². The lowest BCUT2D eigenvalue weighted by molar-refractivity contribution is 0.189. The van der Waals surface area contributed by atoms with Gasteiger partial charge in [-0.25, -0.2) is 4.39 Å². The molecule has 1 aromatic carbocycles. The number of nitrogens with one attached hydrogen (secondary N) is 1. The highest BCUT2D eigenvalue weighted by molar-refractivity contribution is 5.63. The molecule has 2 atom stereocenters. The Morgan fingerprint density at radius 3 is 2.95 bits per heavy atom.